The van der Waals surface area contributed by atoms with Crippen molar-refractivity contribution in [1.82, 2.24) is 4.98 Å². The summed E-state index contributed by atoms with van der Waals surface area (Å²) in [7, 11) is 0. The van der Waals surface area contributed by atoms with E-state index >= 15 is 0 Å². The van der Waals surface area contributed by atoms with Crippen molar-refractivity contribution in [3.05, 3.63) is 66.6 Å². The number of rotatable bonds is 5. The molecule has 0 bridgehead atoms. The lowest BCUT2D eigenvalue weighted by molar-refractivity contribution is 0.167. The molecule has 0 aliphatic heterocycles. The Morgan fingerprint density at radius 2 is 2.08 bits per heavy atom. The van der Waals surface area contributed by atoms with Gasteiger partial charge in [-0.15, -0.1) is 11.3 Å². The molecule has 0 atom stereocenters. The zero-order valence-electron chi connectivity index (χ0n) is 12.6. The van der Waals surface area contributed by atoms with Crippen molar-refractivity contribution < 1.29 is 9.63 Å². The normalized spacial score (nSPS) is 11.0. The summed E-state index contributed by atoms with van der Waals surface area (Å²) in [6, 6.07) is 7.09. The van der Waals surface area contributed by atoms with Gasteiger partial charge in [0.15, 0.2) is 0 Å². The maximum Gasteiger partial charge on any atom is 0.439 e. The molecule has 2 heterocycles. The third kappa shape index (κ3) is 5.02. The molecular formula is C16H11Cl2N3O2S2. The molecular weight excluding hydrogens is 401 g/mol. The zero-order chi connectivity index (χ0) is 17.6. The van der Waals surface area contributed by atoms with Gasteiger partial charge < -0.3 is 0 Å². The Morgan fingerprint density at radius 1 is 1.28 bits per heavy atom. The van der Waals surface area contributed by atoms with Crippen LogP contribution in [-0.4, -0.2) is 17.3 Å². The molecule has 3 rings (SSSR count). The lowest BCUT2D eigenvalue weighted by atomic mass is 10.2. The molecule has 1 N–H and O–H groups in total. The minimum atomic E-state index is -0.744. The number of thiazole rings is 1. The largest absolute Gasteiger partial charge is 0.439 e. The van der Waals surface area contributed by atoms with Crippen molar-refractivity contribution in [2.75, 3.05) is 5.32 Å². The highest BCUT2D eigenvalue weighted by Crippen LogP contribution is 2.22. The SMILES string of the molecule is O=C(Nc1csc(Cc2ccsc2)n1)O/N=C/c1c(Cl)cccc1Cl. The van der Waals surface area contributed by atoms with Crippen molar-refractivity contribution >= 4 is 64.0 Å². The summed E-state index contributed by atoms with van der Waals surface area (Å²) < 4.78 is 0. The fourth-order valence-corrected chi connectivity index (χ4v) is 3.83. The molecule has 0 spiro atoms. The van der Waals surface area contributed by atoms with Gasteiger partial charge in [-0.2, -0.15) is 11.3 Å². The summed E-state index contributed by atoms with van der Waals surface area (Å²) in [6.45, 7) is 0. The van der Waals surface area contributed by atoms with Gasteiger partial charge in [0.25, 0.3) is 0 Å². The van der Waals surface area contributed by atoms with E-state index in [-0.39, 0.29) is 0 Å². The number of carbonyl (C=O) groups is 1. The number of nitrogens with one attached hydrogen (secondary N) is 1. The fraction of sp³-hybridized carbons (Fsp3) is 0.0625. The van der Waals surface area contributed by atoms with E-state index in [1.54, 1.807) is 34.9 Å². The maximum atomic E-state index is 11.8. The smallest absolute Gasteiger partial charge is 0.298 e. The minimum Gasteiger partial charge on any atom is -0.298 e. The van der Waals surface area contributed by atoms with Crippen molar-refractivity contribution in [2.45, 2.75) is 6.42 Å². The van der Waals surface area contributed by atoms with Gasteiger partial charge in [0.2, 0.25) is 0 Å². The van der Waals surface area contributed by atoms with Crippen LogP contribution in [0.3, 0.4) is 0 Å². The topological polar surface area (TPSA) is 63.6 Å². The number of aromatic nitrogens is 1. The Morgan fingerprint density at radius 3 is 2.80 bits per heavy atom. The zero-order valence-corrected chi connectivity index (χ0v) is 15.8. The van der Waals surface area contributed by atoms with Gasteiger partial charge in [0.1, 0.15) is 5.82 Å². The van der Waals surface area contributed by atoms with Crippen LogP contribution in [0.5, 0.6) is 0 Å². The number of nitrogens with zero attached hydrogens (tertiary/aromatic N) is 2. The highest BCUT2D eigenvalue weighted by Gasteiger charge is 2.08. The highest BCUT2D eigenvalue weighted by molar-refractivity contribution is 7.10. The number of carbonyl (C=O) groups excluding carboxylic acids is 1. The summed E-state index contributed by atoms with van der Waals surface area (Å²) in [4.78, 5) is 20.8. The Kier molecular flexibility index (Phi) is 6.04. The van der Waals surface area contributed by atoms with E-state index in [0.29, 0.717) is 21.4 Å². The molecule has 0 aliphatic rings. The molecule has 3 aromatic rings. The van der Waals surface area contributed by atoms with Crippen molar-refractivity contribution in [1.29, 1.82) is 0 Å². The molecule has 2 aromatic heterocycles. The van der Waals surface area contributed by atoms with Gasteiger partial charge in [0, 0.05) is 17.4 Å². The van der Waals surface area contributed by atoms with Crippen LogP contribution in [0.4, 0.5) is 10.6 Å². The lowest BCUT2D eigenvalue weighted by Crippen LogP contribution is -2.11. The molecule has 0 saturated heterocycles. The average molecular weight is 412 g/mol. The molecule has 0 unspecified atom stereocenters. The standard InChI is InChI=1S/C16H11Cl2N3O2S2/c17-12-2-1-3-13(18)11(12)7-19-23-16(22)21-14-9-25-15(20-14)6-10-4-5-24-8-10/h1-5,7-9H,6H2,(H,21,22)/b19-7+. The Labute approximate surface area is 161 Å². The predicted octanol–water partition coefficient (Wildman–Crippen LogP) is 5.68. The van der Waals surface area contributed by atoms with Gasteiger partial charge in [-0.05, 0) is 34.5 Å². The number of amides is 1. The molecule has 1 aromatic carbocycles. The third-order valence-corrected chi connectivity index (χ3v) is 5.27. The van der Waals surface area contributed by atoms with E-state index in [1.807, 2.05) is 11.4 Å². The number of thiophene rings is 1. The van der Waals surface area contributed by atoms with Crippen LogP contribution in [0.2, 0.25) is 10.0 Å². The Bertz CT molecular complexity index is 874. The van der Waals surface area contributed by atoms with Crippen molar-refractivity contribution in [3.63, 3.8) is 0 Å². The van der Waals surface area contributed by atoms with E-state index in [2.05, 4.69) is 20.8 Å². The molecule has 5 nitrogen and oxygen atoms in total. The van der Waals surface area contributed by atoms with E-state index in [4.69, 9.17) is 28.0 Å². The van der Waals surface area contributed by atoms with Crippen molar-refractivity contribution in [3.8, 4) is 0 Å². The highest BCUT2D eigenvalue weighted by atomic mass is 35.5. The molecule has 0 radical (unpaired) electrons. The van der Waals surface area contributed by atoms with Gasteiger partial charge >= 0.3 is 6.09 Å². The first-order valence-corrected chi connectivity index (χ1v) is 9.60. The summed E-state index contributed by atoms with van der Waals surface area (Å²) in [5.41, 5.74) is 1.67. The summed E-state index contributed by atoms with van der Waals surface area (Å²) in [5, 5.41) is 13.7. The Hall–Kier alpha value is -1.93. The first-order chi connectivity index (χ1) is 12.1. The third-order valence-electron chi connectivity index (χ3n) is 3.03. The monoisotopic (exact) mass is 411 g/mol. The summed E-state index contributed by atoms with van der Waals surface area (Å²) in [6.07, 6.45) is 1.27. The Balaban J connectivity index is 1.54. The van der Waals surface area contributed by atoms with Gasteiger partial charge in [0.05, 0.1) is 21.3 Å². The minimum absolute atomic E-state index is 0.415. The lowest BCUT2D eigenvalue weighted by Gasteiger charge is -2.01. The van der Waals surface area contributed by atoms with Crippen LogP contribution in [0.25, 0.3) is 0 Å². The maximum absolute atomic E-state index is 11.8. The second-order valence-electron chi connectivity index (χ2n) is 4.81. The quantitative estimate of drug-likeness (QED) is 0.333. The van der Waals surface area contributed by atoms with Crippen LogP contribution in [0.15, 0.2) is 45.6 Å². The number of anilines is 1. The summed E-state index contributed by atoms with van der Waals surface area (Å²) in [5.74, 6) is 0.422. The molecule has 25 heavy (non-hydrogen) atoms. The number of oxime groups is 1. The van der Waals surface area contributed by atoms with Crippen LogP contribution >= 0.6 is 45.9 Å². The number of halogens is 2. The second kappa shape index (κ2) is 8.44. The van der Waals surface area contributed by atoms with Crippen LogP contribution < -0.4 is 5.32 Å². The predicted molar refractivity (Wildman–Crippen MR) is 103 cm³/mol. The second-order valence-corrected chi connectivity index (χ2v) is 7.35. The van der Waals surface area contributed by atoms with Crippen LogP contribution in [-0.2, 0) is 11.3 Å². The van der Waals surface area contributed by atoms with Gasteiger partial charge in [-0.25, -0.2) is 9.78 Å². The molecule has 0 aliphatic carbocycles. The molecule has 0 saturated carbocycles. The van der Waals surface area contributed by atoms with E-state index in [9.17, 15) is 4.79 Å². The van der Waals surface area contributed by atoms with E-state index in [1.165, 1.54) is 23.1 Å². The number of benzene rings is 1. The van der Waals surface area contributed by atoms with Crippen LogP contribution in [0, 0.1) is 0 Å². The van der Waals surface area contributed by atoms with Crippen molar-refractivity contribution in [2.24, 2.45) is 5.16 Å². The average Bonchev–Trinajstić information content (AvgIpc) is 3.23. The van der Waals surface area contributed by atoms with Gasteiger partial charge in [-0.3, -0.25) is 10.2 Å². The van der Waals surface area contributed by atoms with E-state index < -0.39 is 6.09 Å². The number of hydrogen-bond acceptors (Lipinski definition) is 6. The number of hydrogen-bond donors (Lipinski definition) is 1. The first kappa shape index (κ1) is 17.9. The molecule has 128 valence electrons. The first-order valence-electron chi connectivity index (χ1n) is 7.02. The fourth-order valence-electron chi connectivity index (χ4n) is 1.91. The molecule has 0 fully saturated rings. The molecule has 9 heteroatoms. The molecule has 1 amide bonds. The van der Waals surface area contributed by atoms with Gasteiger partial charge in [-0.1, -0.05) is 34.4 Å². The summed E-state index contributed by atoms with van der Waals surface area (Å²) >= 11 is 15.1. The van der Waals surface area contributed by atoms with Crippen LogP contribution in [0.1, 0.15) is 16.1 Å². The van der Waals surface area contributed by atoms with E-state index in [0.717, 1.165) is 11.4 Å².